The first-order valence-electron chi connectivity index (χ1n) is 6.29. The van der Waals surface area contributed by atoms with E-state index < -0.39 is 11.5 Å². The minimum atomic E-state index is -0.576. The van der Waals surface area contributed by atoms with Crippen LogP contribution in [0.15, 0.2) is 12.1 Å². The largest absolute Gasteiger partial charge is 0.493 e. The number of hydrogen-bond acceptors (Lipinski definition) is 7. The van der Waals surface area contributed by atoms with E-state index in [1.807, 2.05) is 0 Å². The van der Waals surface area contributed by atoms with Crippen molar-refractivity contribution in [2.45, 2.75) is 6.61 Å². The Morgan fingerprint density at radius 1 is 1.14 bits per heavy atom. The molecule has 118 valence electrons. The van der Waals surface area contributed by atoms with E-state index in [-0.39, 0.29) is 23.6 Å². The first kappa shape index (κ1) is 17.2. The van der Waals surface area contributed by atoms with Gasteiger partial charge >= 0.3 is 0 Å². The van der Waals surface area contributed by atoms with Crippen LogP contribution in [-0.4, -0.2) is 50.7 Å². The average molecular weight is 301 g/mol. The summed E-state index contributed by atoms with van der Waals surface area (Å²) >= 11 is 0. The molecule has 1 rings (SSSR count). The lowest BCUT2D eigenvalue weighted by Crippen LogP contribution is -2.10. The Kier molecular flexibility index (Phi) is 7.44. The van der Waals surface area contributed by atoms with Crippen LogP contribution in [0.25, 0.3) is 0 Å². The van der Waals surface area contributed by atoms with Gasteiger partial charge in [0, 0.05) is 7.11 Å². The van der Waals surface area contributed by atoms with Crippen molar-refractivity contribution in [1.29, 1.82) is 0 Å². The standard InChI is InChI=1S/C13H19NO7/c1-18-3-4-20-5-6-21-13-8-11(14(16)17)10(9-15)7-12(13)19-2/h7-8,15H,3-6,9H2,1-2H3. The Morgan fingerprint density at radius 3 is 2.43 bits per heavy atom. The fourth-order valence-corrected chi connectivity index (χ4v) is 1.62. The normalized spacial score (nSPS) is 10.4. The number of ether oxygens (including phenoxy) is 4. The predicted octanol–water partition coefficient (Wildman–Crippen LogP) is 1.14. The predicted molar refractivity (Wildman–Crippen MR) is 73.8 cm³/mol. The van der Waals surface area contributed by atoms with Crippen molar-refractivity contribution < 1.29 is 29.0 Å². The summed E-state index contributed by atoms with van der Waals surface area (Å²) in [6.45, 7) is 1.02. The summed E-state index contributed by atoms with van der Waals surface area (Å²) in [7, 11) is 3.00. The number of benzene rings is 1. The van der Waals surface area contributed by atoms with Gasteiger partial charge < -0.3 is 24.1 Å². The van der Waals surface area contributed by atoms with Gasteiger partial charge in [-0.15, -0.1) is 0 Å². The molecule has 0 aromatic heterocycles. The van der Waals surface area contributed by atoms with Crippen LogP contribution in [0.5, 0.6) is 11.5 Å². The maximum Gasteiger partial charge on any atom is 0.278 e. The summed E-state index contributed by atoms with van der Waals surface area (Å²) in [5, 5.41) is 20.1. The molecular weight excluding hydrogens is 282 g/mol. The quantitative estimate of drug-likeness (QED) is 0.393. The van der Waals surface area contributed by atoms with Crippen LogP contribution in [0.2, 0.25) is 0 Å². The zero-order valence-corrected chi connectivity index (χ0v) is 12.0. The van der Waals surface area contributed by atoms with Gasteiger partial charge in [-0.1, -0.05) is 0 Å². The summed E-state index contributed by atoms with van der Waals surface area (Å²) in [5.41, 5.74) is -0.0471. The first-order valence-corrected chi connectivity index (χ1v) is 6.29. The second kappa shape index (κ2) is 9.11. The summed E-state index contributed by atoms with van der Waals surface area (Å²) in [5.74, 6) is 0.554. The van der Waals surface area contributed by atoms with Crippen molar-refractivity contribution in [2.75, 3.05) is 40.6 Å². The molecule has 1 aromatic rings. The Hall–Kier alpha value is -1.90. The smallest absolute Gasteiger partial charge is 0.278 e. The van der Waals surface area contributed by atoms with Gasteiger partial charge in [-0.2, -0.15) is 0 Å². The van der Waals surface area contributed by atoms with E-state index in [0.717, 1.165) is 0 Å². The van der Waals surface area contributed by atoms with E-state index in [2.05, 4.69) is 0 Å². The number of rotatable bonds is 10. The summed E-state index contributed by atoms with van der Waals surface area (Å²) in [6.07, 6.45) is 0. The van der Waals surface area contributed by atoms with Crippen LogP contribution >= 0.6 is 0 Å². The van der Waals surface area contributed by atoms with Gasteiger partial charge in [0.05, 0.1) is 50.1 Å². The highest BCUT2D eigenvalue weighted by Gasteiger charge is 2.19. The van der Waals surface area contributed by atoms with Gasteiger partial charge in [0.25, 0.3) is 5.69 Å². The van der Waals surface area contributed by atoms with Gasteiger partial charge in [-0.25, -0.2) is 0 Å². The second-order valence-corrected chi connectivity index (χ2v) is 4.00. The highest BCUT2D eigenvalue weighted by molar-refractivity contribution is 5.54. The molecule has 1 N–H and O–H groups in total. The van der Waals surface area contributed by atoms with Crippen LogP contribution in [-0.2, 0) is 16.1 Å². The third-order valence-electron chi connectivity index (χ3n) is 2.65. The molecule has 0 bridgehead atoms. The first-order chi connectivity index (χ1) is 10.1. The average Bonchev–Trinajstić information content (AvgIpc) is 2.49. The van der Waals surface area contributed by atoms with Gasteiger partial charge in [-0.3, -0.25) is 10.1 Å². The van der Waals surface area contributed by atoms with Crippen molar-refractivity contribution >= 4 is 5.69 Å². The van der Waals surface area contributed by atoms with E-state index in [1.54, 1.807) is 7.11 Å². The molecule has 0 saturated carbocycles. The van der Waals surface area contributed by atoms with E-state index >= 15 is 0 Å². The topological polar surface area (TPSA) is 100 Å². The molecule has 0 aliphatic rings. The van der Waals surface area contributed by atoms with Crippen molar-refractivity contribution in [2.24, 2.45) is 0 Å². The molecule has 0 amide bonds. The molecule has 0 aliphatic heterocycles. The molecular formula is C13H19NO7. The van der Waals surface area contributed by atoms with Gasteiger partial charge in [0.1, 0.15) is 6.61 Å². The van der Waals surface area contributed by atoms with E-state index in [9.17, 15) is 10.1 Å². The fourth-order valence-electron chi connectivity index (χ4n) is 1.62. The molecule has 8 nitrogen and oxygen atoms in total. The molecule has 0 aliphatic carbocycles. The van der Waals surface area contributed by atoms with Crippen LogP contribution < -0.4 is 9.47 Å². The molecule has 8 heteroatoms. The number of nitro groups is 1. The summed E-state index contributed by atoms with van der Waals surface area (Å²) in [6, 6.07) is 2.62. The van der Waals surface area contributed by atoms with Crippen LogP contribution in [0.3, 0.4) is 0 Å². The maximum absolute atomic E-state index is 10.9. The minimum absolute atomic E-state index is 0.167. The Labute approximate surface area is 122 Å². The molecule has 0 atom stereocenters. The summed E-state index contributed by atoms with van der Waals surface area (Å²) in [4.78, 5) is 10.4. The lowest BCUT2D eigenvalue weighted by Gasteiger charge is -2.12. The molecule has 0 fully saturated rings. The van der Waals surface area contributed by atoms with Gasteiger partial charge in [-0.05, 0) is 6.07 Å². The number of hydrogen-bond donors (Lipinski definition) is 1. The van der Waals surface area contributed by atoms with Crippen LogP contribution in [0.1, 0.15) is 5.56 Å². The monoisotopic (exact) mass is 301 g/mol. The Bertz CT molecular complexity index is 464. The molecule has 0 unspecified atom stereocenters. The van der Waals surface area contributed by atoms with Crippen molar-refractivity contribution in [3.63, 3.8) is 0 Å². The number of aliphatic hydroxyl groups excluding tert-OH is 1. The second-order valence-electron chi connectivity index (χ2n) is 4.00. The molecule has 21 heavy (non-hydrogen) atoms. The maximum atomic E-state index is 10.9. The van der Waals surface area contributed by atoms with E-state index in [1.165, 1.54) is 19.2 Å². The molecule has 0 saturated heterocycles. The van der Waals surface area contributed by atoms with Gasteiger partial charge in [0.15, 0.2) is 11.5 Å². The van der Waals surface area contributed by atoms with Crippen molar-refractivity contribution in [3.8, 4) is 11.5 Å². The van der Waals surface area contributed by atoms with Crippen molar-refractivity contribution in [3.05, 3.63) is 27.8 Å². The van der Waals surface area contributed by atoms with Crippen LogP contribution in [0.4, 0.5) is 5.69 Å². The lowest BCUT2D eigenvalue weighted by atomic mass is 10.1. The molecule has 0 heterocycles. The summed E-state index contributed by atoms with van der Waals surface area (Å²) < 4.78 is 20.6. The Balaban J connectivity index is 2.71. The van der Waals surface area contributed by atoms with Crippen molar-refractivity contribution in [1.82, 2.24) is 0 Å². The highest BCUT2D eigenvalue weighted by Crippen LogP contribution is 2.34. The number of methoxy groups -OCH3 is 2. The zero-order chi connectivity index (χ0) is 15.7. The molecule has 0 spiro atoms. The van der Waals surface area contributed by atoms with Crippen LogP contribution in [0, 0.1) is 10.1 Å². The third kappa shape index (κ3) is 5.18. The number of aliphatic hydroxyl groups is 1. The zero-order valence-electron chi connectivity index (χ0n) is 12.0. The lowest BCUT2D eigenvalue weighted by molar-refractivity contribution is -0.385. The third-order valence-corrected chi connectivity index (χ3v) is 2.65. The van der Waals surface area contributed by atoms with Gasteiger partial charge in [0.2, 0.25) is 0 Å². The number of nitro benzene ring substituents is 1. The van der Waals surface area contributed by atoms with E-state index in [0.29, 0.717) is 25.6 Å². The fraction of sp³-hybridized carbons (Fsp3) is 0.538. The molecule has 1 aromatic carbocycles. The highest BCUT2D eigenvalue weighted by atomic mass is 16.6. The van der Waals surface area contributed by atoms with E-state index in [4.69, 9.17) is 24.1 Å². The Morgan fingerprint density at radius 2 is 1.86 bits per heavy atom. The SMILES string of the molecule is COCCOCCOc1cc([N+](=O)[O-])c(CO)cc1OC. The minimum Gasteiger partial charge on any atom is -0.493 e. The molecule has 0 radical (unpaired) electrons. The number of nitrogens with zero attached hydrogens (tertiary/aromatic N) is 1.